The number of amides is 1. The van der Waals surface area contributed by atoms with E-state index < -0.39 is 6.71 Å². The lowest BCUT2D eigenvalue weighted by molar-refractivity contribution is -0.118. The molecule has 0 radical (unpaired) electrons. The highest BCUT2D eigenvalue weighted by Crippen LogP contribution is 2.64. The number of anilines is 1. The van der Waals surface area contributed by atoms with Crippen molar-refractivity contribution in [2.45, 2.75) is 34.1 Å². The average molecular weight is 491 g/mol. The van der Waals surface area contributed by atoms with E-state index in [0.717, 1.165) is 36.6 Å². The first-order valence-corrected chi connectivity index (χ1v) is 14.5. The summed E-state index contributed by atoms with van der Waals surface area (Å²) in [5.74, 6) is 1.11. The highest BCUT2D eigenvalue weighted by atomic mass is 32.7. The number of nitrogens with zero attached hydrogens (tertiary/aromatic N) is 3. The quantitative estimate of drug-likeness (QED) is 0.201. The number of rotatable bonds is 12. The van der Waals surface area contributed by atoms with Gasteiger partial charge in [0.2, 0.25) is 5.96 Å². The number of hydrogen-bond donors (Lipinski definition) is 1. The van der Waals surface area contributed by atoms with Gasteiger partial charge in [-0.3, -0.25) is 4.79 Å². The molecule has 2 aromatic carbocycles. The first-order valence-electron chi connectivity index (χ1n) is 11.3. The van der Waals surface area contributed by atoms with Gasteiger partial charge >= 0.3 is 0 Å². The van der Waals surface area contributed by atoms with Crippen LogP contribution in [0, 0.1) is 0 Å². The predicted molar refractivity (Wildman–Crippen MR) is 141 cm³/mol. The smallest absolute Gasteiger partial charge is 0.280 e. The molecule has 0 aliphatic rings. The van der Waals surface area contributed by atoms with Crippen LogP contribution in [-0.2, 0) is 13.8 Å². The number of benzene rings is 2. The molecule has 0 saturated heterocycles. The standard InChI is InChI=1S/C24H35N4O3PS/c1-5-19-33-32(30-8-4,31-20-23(29)25-21-15-11-9-12-16-21)27-24(28(6-2)7-3)26-22-17-13-10-14-18-22/h9-18H,5-8,19-20H2,1-4H3,(H,25,29). The Balaban J connectivity index is 2.39. The maximum absolute atomic E-state index is 12.6. The van der Waals surface area contributed by atoms with Crippen molar-refractivity contribution in [3.8, 4) is 0 Å². The summed E-state index contributed by atoms with van der Waals surface area (Å²) in [6.07, 6.45) is 0.936. The number of aliphatic imine (C=N–C) groups is 1. The third-order valence-electron chi connectivity index (χ3n) is 4.41. The van der Waals surface area contributed by atoms with Crippen molar-refractivity contribution in [1.29, 1.82) is 0 Å². The fraction of sp³-hybridized carbons (Fsp3) is 0.417. The largest absolute Gasteiger partial charge is 0.341 e. The van der Waals surface area contributed by atoms with Gasteiger partial charge in [-0.2, -0.15) is 4.74 Å². The van der Waals surface area contributed by atoms with Gasteiger partial charge in [0, 0.05) is 24.5 Å². The first kappa shape index (κ1) is 27.1. The Morgan fingerprint density at radius 2 is 1.61 bits per heavy atom. The molecule has 1 N–H and O–H groups in total. The third kappa shape index (κ3) is 9.33. The van der Waals surface area contributed by atoms with Crippen LogP contribution in [0.2, 0.25) is 0 Å². The van der Waals surface area contributed by atoms with E-state index in [1.807, 2.05) is 67.6 Å². The van der Waals surface area contributed by atoms with Gasteiger partial charge in [0.25, 0.3) is 12.6 Å². The highest BCUT2D eigenvalue weighted by Gasteiger charge is 2.26. The summed E-state index contributed by atoms with van der Waals surface area (Å²) in [7, 11) is 0. The monoisotopic (exact) mass is 490 g/mol. The van der Waals surface area contributed by atoms with Crippen molar-refractivity contribution in [2.75, 3.05) is 37.4 Å². The van der Waals surface area contributed by atoms with Gasteiger partial charge in [0.05, 0.1) is 12.3 Å². The van der Waals surface area contributed by atoms with Crippen LogP contribution in [0.25, 0.3) is 0 Å². The van der Waals surface area contributed by atoms with Crippen LogP contribution < -0.4 is 5.32 Å². The van der Waals surface area contributed by atoms with Crippen LogP contribution in [0.3, 0.4) is 0 Å². The number of para-hydroxylation sites is 2. The molecule has 2 aromatic rings. The summed E-state index contributed by atoms with van der Waals surface area (Å²) in [6, 6.07) is 19.0. The minimum Gasteiger partial charge on any atom is -0.341 e. The van der Waals surface area contributed by atoms with E-state index in [0.29, 0.717) is 12.6 Å². The van der Waals surface area contributed by atoms with Crippen LogP contribution in [0.4, 0.5) is 11.4 Å². The van der Waals surface area contributed by atoms with E-state index in [-0.39, 0.29) is 12.5 Å². The van der Waals surface area contributed by atoms with Gasteiger partial charge in [0.1, 0.15) is 6.61 Å². The Labute approximate surface area is 201 Å². The zero-order chi connectivity index (χ0) is 23.9. The van der Waals surface area contributed by atoms with Crippen LogP contribution in [0.1, 0.15) is 34.1 Å². The number of carbonyl (C=O) groups excluding carboxylic acids is 1. The zero-order valence-corrected chi connectivity index (χ0v) is 21.6. The highest BCUT2D eigenvalue weighted by molar-refractivity contribution is 8.55. The van der Waals surface area contributed by atoms with E-state index in [9.17, 15) is 4.79 Å². The number of carbonyl (C=O) groups is 1. The Kier molecular flexibility index (Phi) is 12.3. The fourth-order valence-electron chi connectivity index (χ4n) is 2.82. The molecule has 2 rings (SSSR count). The van der Waals surface area contributed by atoms with Gasteiger partial charge in [-0.15, -0.1) is 0 Å². The molecular formula is C24H35N4O3PS. The number of hydrogen-bond acceptors (Lipinski definition) is 5. The molecule has 1 atom stereocenters. The van der Waals surface area contributed by atoms with Crippen LogP contribution in [-0.4, -0.2) is 48.8 Å². The molecule has 0 bridgehead atoms. The van der Waals surface area contributed by atoms with Crippen molar-refractivity contribution < 1.29 is 13.8 Å². The molecule has 0 heterocycles. The molecule has 180 valence electrons. The molecule has 1 amide bonds. The molecule has 1 unspecified atom stereocenters. The molecule has 0 aromatic heterocycles. The SMILES string of the molecule is CCCSP(=NC(=Nc1ccccc1)N(CC)CC)(OCC)OCC(=O)Nc1ccccc1. The molecule has 0 aliphatic carbocycles. The molecule has 0 spiro atoms. The maximum atomic E-state index is 12.6. The van der Waals surface area contributed by atoms with E-state index in [1.165, 1.54) is 11.4 Å². The summed E-state index contributed by atoms with van der Waals surface area (Å²) in [4.78, 5) is 19.5. The van der Waals surface area contributed by atoms with Gasteiger partial charge in [-0.05, 0) is 51.5 Å². The number of guanidine groups is 1. The fourth-order valence-corrected chi connectivity index (χ4v) is 7.18. The molecule has 7 nitrogen and oxygen atoms in total. The van der Waals surface area contributed by atoms with Gasteiger partial charge < -0.3 is 19.3 Å². The van der Waals surface area contributed by atoms with Crippen molar-refractivity contribution >= 4 is 41.3 Å². The molecule has 0 saturated carbocycles. The van der Waals surface area contributed by atoms with Crippen molar-refractivity contribution in [3.05, 3.63) is 60.7 Å². The summed E-state index contributed by atoms with van der Waals surface area (Å²) in [6.45, 7) is 7.05. The summed E-state index contributed by atoms with van der Waals surface area (Å²) >= 11 is 1.53. The predicted octanol–water partition coefficient (Wildman–Crippen LogP) is 6.80. The van der Waals surface area contributed by atoms with E-state index in [2.05, 4.69) is 31.0 Å². The summed E-state index contributed by atoms with van der Waals surface area (Å²) in [5.41, 5.74) is 1.53. The summed E-state index contributed by atoms with van der Waals surface area (Å²) < 4.78 is 17.3. The second kappa shape index (κ2) is 14.9. The van der Waals surface area contributed by atoms with Crippen LogP contribution in [0.15, 0.2) is 70.4 Å². The Bertz CT molecular complexity index is 922. The van der Waals surface area contributed by atoms with Gasteiger partial charge in [0.15, 0.2) is 0 Å². The van der Waals surface area contributed by atoms with Crippen molar-refractivity contribution in [3.63, 3.8) is 0 Å². The molecular weight excluding hydrogens is 455 g/mol. The summed E-state index contributed by atoms with van der Waals surface area (Å²) in [5, 5.41) is 2.86. The minimum atomic E-state index is -2.84. The van der Waals surface area contributed by atoms with E-state index >= 15 is 0 Å². The third-order valence-corrected chi connectivity index (χ3v) is 9.20. The Hall–Kier alpha value is -2.12. The Morgan fingerprint density at radius 3 is 2.18 bits per heavy atom. The molecule has 33 heavy (non-hydrogen) atoms. The van der Waals surface area contributed by atoms with Gasteiger partial charge in [-0.1, -0.05) is 54.7 Å². The lowest BCUT2D eigenvalue weighted by Crippen LogP contribution is -2.29. The van der Waals surface area contributed by atoms with Crippen LogP contribution in [0.5, 0.6) is 0 Å². The average Bonchev–Trinajstić information content (AvgIpc) is 2.83. The molecule has 0 fully saturated rings. The zero-order valence-electron chi connectivity index (χ0n) is 19.9. The number of nitrogens with one attached hydrogen (secondary N) is 1. The van der Waals surface area contributed by atoms with Crippen LogP contribution >= 0.6 is 18.1 Å². The lowest BCUT2D eigenvalue weighted by atomic mass is 10.3. The topological polar surface area (TPSA) is 75.5 Å². The molecule has 0 aliphatic heterocycles. The maximum Gasteiger partial charge on any atom is 0.280 e. The van der Waals surface area contributed by atoms with E-state index in [4.69, 9.17) is 18.8 Å². The molecule has 9 heteroatoms. The van der Waals surface area contributed by atoms with Gasteiger partial charge in [-0.25, -0.2) is 4.99 Å². The Morgan fingerprint density at radius 1 is 0.970 bits per heavy atom. The van der Waals surface area contributed by atoms with Crippen molar-refractivity contribution in [1.82, 2.24) is 4.90 Å². The second-order valence-electron chi connectivity index (χ2n) is 6.93. The normalized spacial score (nSPS) is 13.3. The second-order valence-corrected chi connectivity index (χ2v) is 11.4. The first-order chi connectivity index (χ1) is 16.1. The lowest BCUT2D eigenvalue weighted by Gasteiger charge is -2.26. The minimum absolute atomic E-state index is 0.153. The van der Waals surface area contributed by atoms with E-state index in [1.54, 1.807) is 0 Å². The van der Waals surface area contributed by atoms with Crippen molar-refractivity contribution in [2.24, 2.45) is 9.74 Å².